The standard InChI is InChI=1S/C29H40BN3O5Si.C24H32B2O4/c1-9-36-27(34)26-25(31-33(32-26)20-35-18-19-39(6,7)8)23-12-10-21(11-13-23)22-14-16-24(17-15-22)30-37-28(2,3)29(4,5)38-30;1-21(2)22(3,4)28-25(27-21)19-13-9-17(10-14-19)18-11-15-20(16-12-18)26-29-23(5,6)24(7,8)30-26/h10-17H,9,18-20H2,1-8H3;9-16H,1-8H3. The number of hydrogen-bond acceptors (Lipinski definition) is 11. The molecule has 0 aliphatic carbocycles. The lowest BCUT2D eigenvalue weighted by Gasteiger charge is -2.32. The average molecular weight is 956 g/mol. The lowest BCUT2D eigenvalue weighted by Crippen LogP contribution is -2.41. The molecule has 16 heteroatoms. The highest BCUT2D eigenvalue weighted by Crippen LogP contribution is 2.39. The lowest BCUT2D eigenvalue weighted by molar-refractivity contribution is 0.00578. The van der Waals surface area contributed by atoms with E-state index in [1.54, 1.807) is 6.92 Å². The zero-order valence-corrected chi connectivity index (χ0v) is 44.8. The Bertz CT molecular complexity index is 2430. The van der Waals surface area contributed by atoms with E-state index in [1.807, 2.05) is 36.4 Å². The molecule has 0 unspecified atom stereocenters. The third-order valence-electron chi connectivity index (χ3n) is 14.5. The molecule has 69 heavy (non-hydrogen) atoms. The van der Waals surface area contributed by atoms with Crippen molar-refractivity contribution in [2.45, 2.75) is 156 Å². The first kappa shape index (κ1) is 52.4. The minimum Gasteiger partial charge on any atom is -0.461 e. The number of esters is 1. The zero-order valence-electron chi connectivity index (χ0n) is 43.8. The Balaban J connectivity index is 0.000000211. The van der Waals surface area contributed by atoms with E-state index in [0.717, 1.165) is 50.2 Å². The Kier molecular flexibility index (Phi) is 15.0. The topological polar surface area (TPSA) is 122 Å². The highest BCUT2D eigenvalue weighted by atomic mass is 28.3. The maximum absolute atomic E-state index is 12.6. The minimum absolute atomic E-state index is 0.185. The molecule has 3 aliphatic heterocycles. The summed E-state index contributed by atoms with van der Waals surface area (Å²) in [5.41, 5.74) is 6.80. The first-order valence-corrected chi connectivity index (χ1v) is 28.0. The van der Waals surface area contributed by atoms with Gasteiger partial charge in [-0.15, -0.1) is 5.10 Å². The second-order valence-electron chi connectivity index (χ2n) is 22.5. The van der Waals surface area contributed by atoms with E-state index in [9.17, 15) is 4.79 Å². The van der Waals surface area contributed by atoms with Crippen LogP contribution in [0.25, 0.3) is 33.5 Å². The van der Waals surface area contributed by atoms with Crippen molar-refractivity contribution in [1.29, 1.82) is 0 Å². The van der Waals surface area contributed by atoms with Gasteiger partial charge in [-0.3, -0.25) is 0 Å². The summed E-state index contributed by atoms with van der Waals surface area (Å²) in [6.07, 6.45) is 0. The van der Waals surface area contributed by atoms with Crippen LogP contribution in [0.2, 0.25) is 25.7 Å². The van der Waals surface area contributed by atoms with Gasteiger partial charge in [-0.2, -0.15) is 9.90 Å². The number of benzene rings is 4. The van der Waals surface area contributed by atoms with Gasteiger partial charge in [0.1, 0.15) is 5.69 Å². The lowest BCUT2D eigenvalue weighted by atomic mass is 9.77. The summed E-state index contributed by atoms with van der Waals surface area (Å²) >= 11 is 0. The number of aromatic nitrogens is 3. The maximum Gasteiger partial charge on any atom is 0.494 e. The van der Waals surface area contributed by atoms with E-state index < -0.39 is 21.2 Å². The van der Waals surface area contributed by atoms with E-state index in [2.05, 4.69) is 174 Å². The van der Waals surface area contributed by atoms with Crippen molar-refractivity contribution in [2.24, 2.45) is 0 Å². The molecule has 4 aromatic carbocycles. The number of nitrogens with zero attached hydrogens (tertiary/aromatic N) is 3. The van der Waals surface area contributed by atoms with Crippen LogP contribution in [0.3, 0.4) is 0 Å². The van der Waals surface area contributed by atoms with Gasteiger partial charge >= 0.3 is 27.3 Å². The fourth-order valence-corrected chi connectivity index (χ4v) is 8.47. The largest absolute Gasteiger partial charge is 0.494 e. The molecule has 3 saturated heterocycles. The molecule has 366 valence electrons. The van der Waals surface area contributed by atoms with Gasteiger partial charge in [0.05, 0.1) is 40.2 Å². The summed E-state index contributed by atoms with van der Waals surface area (Å²) in [6, 6.07) is 34.0. The van der Waals surface area contributed by atoms with E-state index in [1.165, 1.54) is 4.80 Å². The molecule has 0 saturated carbocycles. The number of ether oxygens (including phenoxy) is 2. The third-order valence-corrected chi connectivity index (χ3v) is 16.2. The first-order valence-electron chi connectivity index (χ1n) is 24.3. The Morgan fingerprint density at radius 3 is 1.12 bits per heavy atom. The first-order chi connectivity index (χ1) is 32.1. The monoisotopic (exact) mass is 956 g/mol. The second kappa shape index (κ2) is 19.7. The van der Waals surface area contributed by atoms with Gasteiger partial charge in [0.2, 0.25) is 0 Å². The van der Waals surface area contributed by atoms with Crippen LogP contribution in [0.4, 0.5) is 0 Å². The Hall–Kier alpha value is -4.38. The van der Waals surface area contributed by atoms with Gasteiger partial charge in [0.25, 0.3) is 0 Å². The van der Waals surface area contributed by atoms with Crippen molar-refractivity contribution in [2.75, 3.05) is 13.2 Å². The quantitative estimate of drug-likeness (QED) is 0.0638. The zero-order chi connectivity index (χ0) is 50.4. The van der Waals surface area contributed by atoms with E-state index >= 15 is 0 Å². The highest BCUT2D eigenvalue weighted by Gasteiger charge is 2.53. The molecule has 8 rings (SSSR count). The number of carbonyl (C=O) groups excluding carboxylic acids is 1. The smallest absolute Gasteiger partial charge is 0.461 e. The van der Waals surface area contributed by atoms with Crippen molar-refractivity contribution in [3.63, 3.8) is 0 Å². The molecule has 0 spiro atoms. The van der Waals surface area contributed by atoms with Crippen LogP contribution in [0.5, 0.6) is 0 Å². The van der Waals surface area contributed by atoms with Crippen LogP contribution in [0, 0.1) is 0 Å². The van der Waals surface area contributed by atoms with Gasteiger partial charge in [-0.05, 0) is 135 Å². The molecule has 0 radical (unpaired) electrons. The van der Waals surface area contributed by atoms with Crippen LogP contribution in [0.15, 0.2) is 97.1 Å². The van der Waals surface area contributed by atoms with Crippen LogP contribution in [-0.2, 0) is 44.1 Å². The van der Waals surface area contributed by atoms with Crippen LogP contribution in [0.1, 0.15) is 100 Å². The molecule has 0 atom stereocenters. The van der Waals surface area contributed by atoms with Gasteiger partial charge < -0.3 is 37.4 Å². The number of rotatable bonds is 13. The summed E-state index contributed by atoms with van der Waals surface area (Å²) in [5, 5.41) is 8.94. The van der Waals surface area contributed by atoms with Gasteiger partial charge in [-0.25, -0.2) is 4.79 Å². The van der Waals surface area contributed by atoms with Gasteiger partial charge in [0, 0.05) is 20.2 Å². The summed E-state index contributed by atoms with van der Waals surface area (Å²) in [6.45, 7) is 34.6. The fourth-order valence-electron chi connectivity index (χ4n) is 7.72. The minimum atomic E-state index is -1.20. The molecule has 3 fully saturated rings. The van der Waals surface area contributed by atoms with E-state index in [0.29, 0.717) is 12.3 Å². The molecule has 12 nitrogen and oxygen atoms in total. The number of carbonyl (C=O) groups is 1. The van der Waals surface area contributed by atoms with Crippen molar-refractivity contribution >= 4 is 51.8 Å². The third kappa shape index (κ3) is 11.7. The van der Waals surface area contributed by atoms with Crippen LogP contribution in [-0.4, -0.2) is 97.2 Å². The second-order valence-corrected chi connectivity index (χ2v) is 28.2. The summed E-state index contributed by atoms with van der Waals surface area (Å²) in [7, 11) is -2.27. The molecular weight excluding hydrogens is 883 g/mol. The van der Waals surface area contributed by atoms with Crippen molar-refractivity contribution in [3.8, 4) is 33.5 Å². The SMILES string of the molecule is CC1(C)OB(c2ccc(-c3ccc(B4OC(C)(C)C(C)(C)O4)cc3)cc2)OC1(C)C.CCOC(=O)c1nn(COCC[Si](C)(C)C)nc1-c1ccc(-c2ccc(B3OC(C)(C)C(C)(C)O3)cc2)cc1. The predicted molar refractivity (Wildman–Crippen MR) is 280 cm³/mol. The molecule has 3 aliphatic rings. The summed E-state index contributed by atoms with van der Waals surface area (Å²) < 4.78 is 48.0. The molecule has 0 amide bonds. The molecule has 1 aromatic heterocycles. The molecular formula is C53H72B3N3O9Si. The molecule has 4 heterocycles. The van der Waals surface area contributed by atoms with E-state index in [-0.39, 0.29) is 66.9 Å². The molecule has 0 bridgehead atoms. The van der Waals surface area contributed by atoms with Crippen molar-refractivity contribution < 1.29 is 42.2 Å². The fraction of sp³-hybridized carbons (Fsp3) is 0.491. The maximum atomic E-state index is 12.6. The van der Waals surface area contributed by atoms with E-state index in [4.69, 9.17) is 37.4 Å². The van der Waals surface area contributed by atoms with Gasteiger partial charge in [0.15, 0.2) is 12.4 Å². The summed E-state index contributed by atoms with van der Waals surface area (Å²) in [5.74, 6) is -0.497. The Labute approximate surface area is 412 Å². The molecule has 0 N–H and O–H groups in total. The Morgan fingerprint density at radius 2 is 0.812 bits per heavy atom. The summed E-state index contributed by atoms with van der Waals surface area (Å²) in [4.78, 5) is 14.1. The number of hydrogen-bond donors (Lipinski definition) is 0. The van der Waals surface area contributed by atoms with Crippen molar-refractivity contribution in [1.82, 2.24) is 15.0 Å². The van der Waals surface area contributed by atoms with Gasteiger partial charge in [-0.1, -0.05) is 117 Å². The normalized spacial score (nSPS) is 19.6. The molecule has 5 aromatic rings. The van der Waals surface area contributed by atoms with Crippen LogP contribution >= 0.6 is 0 Å². The average Bonchev–Trinajstić information content (AvgIpc) is 3.94. The van der Waals surface area contributed by atoms with Crippen LogP contribution < -0.4 is 16.4 Å². The Morgan fingerprint density at radius 1 is 0.507 bits per heavy atom. The predicted octanol–water partition coefficient (Wildman–Crippen LogP) is 9.35. The highest BCUT2D eigenvalue weighted by molar-refractivity contribution is 6.76. The van der Waals surface area contributed by atoms with Crippen molar-refractivity contribution in [3.05, 3.63) is 103 Å².